The molecule has 6 nitrogen and oxygen atoms in total. The highest BCUT2D eigenvalue weighted by Crippen LogP contribution is 2.27. The summed E-state index contributed by atoms with van der Waals surface area (Å²) in [5.74, 6) is 1.84. The van der Waals surface area contributed by atoms with Crippen molar-refractivity contribution in [1.29, 1.82) is 0 Å². The van der Waals surface area contributed by atoms with Crippen LogP contribution in [0.4, 0.5) is 0 Å². The average molecular weight is 408 g/mol. The van der Waals surface area contributed by atoms with E-state index in [1.807, 2.05) is 37.3 Å². The Morgan fingerprint density at radius 1 is 1.11 bits per heavy atom. The molecule has 2 rings (SSSR count). The molecule has 0 bridgehead atoms. The minimum atomic E-state index is -3.86. The van der Waals surface area contributed by atoms with Crippen LogP contribution in [0, 0.1) is 5.92 Å². The molecule has 7 heteroatoms. The van der Waals surface area contributed by atoms with Crippen LogP contribution < -0.4 is 14.6 Å². The van der Waals surface area contributed by atoms with Crippen molar-refractivity contribution in [2.45, 2.75) is 44.6 Å². The lowest BCUT2D eigenvalue weighted by atomic mass is 9.96. The van der Waals surface area contributed by atoms with E-state index in [9.17, 15) is 13.5 Å². The first-order valence-electron chi connectivity index (χ1n) is 9.45. The van der Waals surface area contributed by atoms with Crippen LogP contribution in [0.25, 0.3) is 0 Å². The van der Waals surface area contributed by atoms with Gasteiger partial charge in [0.15, 0.2) is 11.5 Å². The number of nitrogens with two attached hydrogens (primary N) is 1. The first-order chi connectivity index (χ1) is 13.3. The number of benzene rings is 2. The molecule has 0 radical (unpaired) electrons. The lowest BCUT2D eigenvalue weighted by molar-refractivity contribution is 0.265. The maximum absolute atomic E-state index is 11.7. The monoisotopic (exact) mass is 407 g/mol. The third-order valence-electron chi connectivity index (χ3n) is 4.44. The molecule has 0 unspecified atom stereocenters. The number of aliphatic hydroxyl groups excluding tert-OH is 1. The van der Waals surface area contributed by atoms with Gasteiger partial charge in [0, 0.05) is 0 Å². The molecule has 0 spiro atoms. The van der Waals surface area contributed by atoms with Gasteiger partial charge in [-0.3, -0.25) is 0 Å². The van der Waals surface area contributed by atoms with Gasteiger partial charge in [-0.2, -0.15) is 0 Å². The Morgan fingerprint density at radius 2 is 1.79 bits per heavy atom. The summed E-state index contributed by atoms with van der Waals surface area (Å²) in [4.78, 5) is -0.00411. The fraction of sp³-hybridized carbons (Fsp3) is 0.429. The summed E-state index contributed by atoms with van der Waals surface area (Å²) >= 11 is 0. The summed E-state index contributed by atoms with van der Waals surface area (Å²) in [7, 11) is -3.86. The Bertz CT molecular complexity index is 867. The van der Waals surface area contributed by atoms with Crippen molar-refractivity contribution in [3.8, 4) is 11.5 Å². The summed E-state index contributed by atoms with van der Waals surface area (Å²) in [5, 5.41) is 14.6. The minimum absolute atomic E-state index is 0.00411. The van der Waals surface area contributed by atoms with Gasteiger partial charge >= 0.3 is 0 Å². The molecule has 0 aliphatic rings. The molecule has 0 aromatic heterocycles. The van der Waals surface area contributed by atoms with Crippen LogP contribution in [0.2, 0.25) is 0 Å². The van der Waals surface area contributed by atoms with Gasteiger partial charge in [-0.15, -0.1) is 0 Å². The Balaban J connectivity index is 1.87. The summed E-state index contributed by atoms with van der Waals surface area (Å²) in [5.41, 5.74) is 1.21. The molecule has 0 amide bonds. The normalized spacial score (nSPS) is 12.6. The zero-order valence-electron chi connectivity index (χ0n) is 16.4. The van der Waals surface area contributed by atoms with E-state index in [4.69, 9.17) is 14.6 Å². The zero-order valence-corrected chi connectivity index (χ0v) is 17.2. The standard InChI is InChI=1S/C21H29NO5S/c1-3-26-19-8-4-5-9-20(19)27-12-6-7-16(2)13-17-10-11-18(15-23)21(14-17)28(22,24)25/h4-5,8-11,14,16,23H,3,6-7,12-13,15H2,1-2H3,(H2,22,24,25)/t16-/m0/s1. The molecule has 0 aliphatic heterocycles. The first-order valence-corrected chi connectivity index (χ1v) is 11.0. The van der Waals surface area contributed by atoms with E-state index in [2.05, 4.69) is 6.92 Å². The van der Waals surface area contributed by atoms with Crippen LogP contribution in [0.15, 0.2) is 47.4 Å². The molecular weight excluding hydrogens is 378 g/mol. The summed E-state index contributed by atoms with van der Waals surface area (Å²) in [6.07, 6.45) is 2.53. The number of aliphatic hydroxyl groups is 1. The molecule has 0 saturated heterocycles. The van der Waals surface area contributed by atoms with Gasteiger partial charge in [0.05, 0.1) is 24.7 Å². The number of para-hydroxylation sites is 2. The van der Waals surface area contributed by atoms with E-state index >= 15 is 0 Å². The average Bonchev–Trinajstić information content (AvgIpc) is 2.66. The molecule has 0 aliphatic carbocycles. The lowest BCUT2D eigenvalue weighted by Crippen LogP contribution is -2.15. The van der Waals surface area contributed by atoms with Crippen molar-refractivity contribution in [2.75, 3.05) is 13.2 Å². The predicted octanol–water partition coefficient (Wildman–Crippen LogP) is 3.26. The van der Waals surface area contributed by atoms with Crippen LogP contribution >= 0.6 is 0 Å². The second-order valence-electron chi connectivity index (χ2n) is 6.82. The Labute approximate surface area is 167 Å². The van der Waals surface area contributed by atoms with Crippen molar-refractivity contribution in [1.82, 2.24) is 0 Å². The van der Waals surface area contributed by atoms with Gasteiger partial charge in [0.25, 0.3) is 0 Å². The van der Waals surface area contributed by atoms with E-state index < -0.39 is 10.0 Å². The fourth-order valence-electron chi connectivity index (χ4n) is 3.08. The van der Waals surface area contributed by atoms with Gasteiger partial charge in [-0.25, -0.2) is 13.6 Å². The lowest BCUT2D eigenvalue weighted by Gasteiger charge is -2.15. The van der Waals surface area contributed by atoms with Gasteiger partial charge in [-0.05, 0) is 61.4 Å². The predicted molar refractivity (Wildman–Crippen MR) is 109 cm³/mol. The number of ether oxygens (including phenoxy) is 2. The van der Waals surface area contributed by atoms with Gasteiger partial charge < -0.3 is 14.6 Å². The van der Waals surface area contributed by atoms with E-state index in [1.54, 1.807) is 12.1 Å². The van der Waals surface area contributed by atoms with Crippen molar-refractivity contribution in [3.63, 3.8) is 0 Å². The highest BCUT2D eigenvalue weighted by atomic mass is 32.2. The zero-order chi connectivity index (χ0) is 20.6. The largest absolute Gasteiger partial charge is 0.490 e. The summed E-state index contributed by atoms with van der Waals surface area (Å²) in [6, 6.07) is 12.6. The van der Waals surface area contributed by atoms with E-state index in [0.29, 0.717) is 24.7 Å². The van der Waals surface area contributed by atoms with Crippen molar-refractivity contribution in [3.05, 3.63) is 53.6 Å². The van der Waals surface area contributed by atoms with Crippen LogP contribution in [0.3, 0.4) is 0 Å². The molecule has 28 heavy (non-hydrogen) atoms. The maximum Gasteiger partial charge on any atom is 0.238 e. The molecule has 0 saturated carbocycles. The SMILES string of the molecule is CCOc1ccccc1OCCC[C@H](C)Cc1ccc(CO)c(S(N)(=O)=O)c1. The second-order valence-corrected chi connectivity index (χ2v) is 8.35. The van der Waals surface area contributed by atoms with Crippen LogP contribution in [0.5, 0.6) is 11.5 Å². The maximum atomic E-state index is 11.7. The van der Waals surface area contributed by atoms with Gasteiger partial charge in [0.1, 0.15) is 0 Å². The second kappa shape index (κ2) is 10.5. The molecule has 154 valence electrons. The summed E-state index contributed by atoms with van der Waals surface area (Å²) in [6.45, 7) is 4.87. The van der Waals surface area contributed by atoms with Crippen LogP contribution in [0.1, 0.15) is 37.8 Å². The molecule has 0 heterocycles. The van der Waals surface area contributed by atoms with E-state index in [1.165, 1.54) is 0 Å². The summed E-state index contributed by atoms with van der Waals surface area (Å²) < 4.78 is 34.8. The Morgan fingerprint density at radius 3 is 2.39 bits per heavy atom. The molecule has 0 fully saturated rings. The third-order valence-corrected chi connectivity index (χ3v) is 5.43. The molecule has 1 atom stereocenters. The van der Waals surface area contributed by atoms with Gasteiger partial charge in [0.2, 0.25) is 10.0 Å². The van der Waals surface area contributed by atoms with E-state index in [-0.39, 0.29) is 11.5 Å². The molecule has 3 N–H and O–H groups in total. The van der Waals surface area contributed by atoms with Crippen molar-refractivity contribution in [2.24, 2.45) is 11.1 Å². The van der Waals surface area contributed by atoms with E-state index in [0.717, 1.165) is 36.3 Å². The molecule has 2 aromatic carbocycles. The van der Waals surface area contributed by atoms with Crippen molar-refractivity contribution < 1.29 is 23.0 Å². The quantitative estimate of drug-likeness (QED) is 0.557. The number of hydrogen-bond donors (Lipinski definition) is 2. The topological polar surface area (TPSA) is 98.8 Å². The smallest absolute Gasteiger partial charge is 0.238 e. The number of rotatable bonds is 11. The van der Waals surface area contributed by atoms with Crippen LogP contribution in [-0.4, -0.2) is 26.7 Å². The van der Waals surface area contributed by atoms with Gasteiger partial charge in [-0.1, -0.05) is 31.2 Å². The highest BCUT2D eigenvalue weighted by Gasteiger charge is 2.15. The number of primary sulfonamides is 1. The van der Waals surface area contributed by atoms with Crippen LogP contribution in [-0.2, 0) is 23.1 Å². The third kappa shape index (κ3) is 6.51. The number of sulfonamides is 1. The molecular formula is C21H29NO5S. The number of hydrogen-bond acceptors (Lipinski definition) is 5. The first kappa shape index (κ1) is 22.2. The molecule has 2 aromatic rings. The Kier molecular flexibility index (Phi) is 8.29. The van der Waals surface area contributed by atoms with Crippen molar-refractivity contribution >= 4 is 10.0 Å². The fourth-order valence-corrected chi connectivity index (χ4v) is 3.90. The minimum Gasteiger partial charge on any atom is -0.490 e. The highest BCUT2D eigenvalue weighted by molar-refractivity contribution is 7.89. The Hall–Kier alpha value is -2.09.